The number of carbonyl (C=O) groups excluding carboxylic acids is 1. The predicted molar refractivity (Wildman–Crippen MR) is 98.6 cm³/mol. The van der Waals surface area contributed by atoms with Gasteiger partial charge in [0.15, 0.2) is 5.82 Å². The van der Waals surface area contributed by atoms with Crippen molar-refractivity contribution in [3.8, 4) is 11.8 Å². The molecular formula is C17H21FN6O2S. The summed E-state index contributed by atoms with van der Waals surface area (Å²) in [5.41, 5.74) is -0.942. The molecular weight excluding hydrogens is 371 g/mol. The Kier molecular flexibility index (Phi) is 6.63. The molecule has 0 spiro atoms. The van der Waals surface area contributed by atoms with Crippen molar-refractivity contribution >= 4 is 17.7 Å². The van der Waals surface area contributed by atoms with Gasteiger partial charge in [0, 0.05) is 0 Å². The van der Waals surface area contributed by atoms with Gasteiger partial charge in [-0.25, -0.2) is 9.07 Å². The van der Waals surface area contributed by atoms with Crippen LogP contribution in [0.15, 0.2) is 29.4 Å². The number of benzene rings is 1. The van der Waals surface area contributed by atoms with E-state index in [1.807, 2.05) is 13.8 Å². The minimum absolute atomic E-state index is 0.0372. The van der Waals surface area contributed by atoms with Crippen LogP contribution in [0.5, 0.6) is 5.75 Å². The van der Waals surface area contributed by atoms with Crippen LogP contribution in [0, 0.1) is 23.1 Å². The molecule has 1 atom stereocenters. The van der Waals surface area contributed by atoms with Gasteiger partial charge in [0.1, 0.15) is 23.7 Å². The molecule has 0 unspecified atom stereocenters. The van der Waals surface area contributed by atoms with Crippen molar-refractivity contribution in [3.05, 3.63) is 35.9 Å². The summed E-state index contributed by atoms with van der Waals surface area (Å²) >= 11 is 1.10. The molecule has 27 heavy (non-hydrogen) atoms. The average molecular weight is 392 g/mol. The zero-order valence-corrected chi connectivity index (χ0v) is 16.1. The third kappa shape index (κ3) is 5.34. The van der Waals surface area contributed by atoms with Gasteiger partial charge < -0.3 is 15.9 Å². The minimum Gasteiger partial charge on any atom is -0.486 e. The molecule has 2 rings (SSSR count). The molecule has 3 N–H and O–H groups in total. The van der Waals surface area contributed by atoms with Gasteiger partial charge in [0.2, 0.25) is 11.1 Å². The van der Waals surface area contributed by atoms with Gasteiger partial charge >= 0.3 is 0 Å². The Hall–Kier alpha value is -2.80. The lowest BCUT2D eigenvalue weighted by Crippen LogP contribution is -2.49. The van der Waals surface area contributed by atoms with Crippen molar-refractivity contribution < 1.29 is 13.9 Å². The van der Waals surface area contributed by atoms with Crippen LogP contribution in [0.2, 0.25) is 0 Å². The second-order valence-electron chi connectivity index (χ2n) is 6.32. The van der Waals surface area contributed by atoms with Crippen LogP contribution in [0.1, 0.15) is 26.6 Å². The second kappa shape index (κ2) is 8.73. The number of nitriles is 1. The molecule has 8 nitrogen and oxygen atoms in total. The molecule has 1 amide bonds. The molecule has 0 fully saturated rings. The van der Waals surface area contributed by atoms with Gasteiger partial charge in [-0.2, -0.15) is 5.26 Å². The summed E-state index contributed by atoms with van der Waals surface area (Å²) < 4.78 is 19.6. The first-order chi connectivity index (χ1) is 12.7. The number of aromatic nitrogens is 3. The second-order valence-corrected chi connectivity index (χ2v) is 7.26. The molecule has 1 aromatic carbocycles. The Bertz CT molecular complexity index is 833. The van der Waals surface area contributed by atoms with E-state index in [-0.39, 0.29) is 30.0 Å². The van der Waals surface area contributed by atoms with E-state index < -0.39 is 5.54 Å². The number of ether oxygens (including phenoxy) is 1. The number of halogens is 1. The Labute approximate surface area is 160 Å². The first-order valence-electron chi connectivity index (χ1n) is 8.18. The normalized spacial score (nSPS) is 13.0. The first-order valence-corrected chi connectivity index (χ1v) is 9.16. The van der Waals surface area contributed by atoms with Crippen molar-refractivity contribution in [2.75, 3.05) is 11.6 Å². The van der Waals surface area contributed by atoms with Gasteiger partial charge in [0.25, 0.3) is 0 Å². The van der Waals surface area contributed by atoms with Gasteiger partial charge in [0.05, 0.1) is 11.8 Å². The highest BCUT2D eigenvalue weighted by Gasteiger charge is 2.30. The Morgan fingerprint density at radius 2 is 2.11 bits per heavy atom. The van der Waals surface area contributed by atoms with Crippen molar-refractivity contribution in [2.45, 2.75) is 38.1 Å². The summed E-state index contributed by atoms with van der Waals surface area (Å²) in [6.07, 6.45) is 0. The first kappa shape index (κ1) is 20.5. The number of rotatable bonds is 8. The maximum absolute atomic E-state index is 12.9. The molecule has 1 heterocycles. The number of thioether (sulfide) groups is 1. The monoisotopic (exact) mass is 392 g/mol. The van der Waals surface area contributed by atoms with Crippen LogP contribution in [0.25, 0.3) is 0 Å². The zero-order valence-electron chi connectivity index (χ0n) is 15.3. The summed E-state index contributed by atoms with van der Waals surface area (Å²) in [4.78, 5) is 12.1. The fourth-order valence-corrected chi connectivity index (χ4v) is 2.62. The van der Waals surface area contributed by atoms with E-state index in [9.17, 15) is 14.4 Å². The van der Waals surface area contributed by atoms with Crippen LogP contribution in [0.3, 0.4) is 0 Å². The predicted octanol–water partition coefficient (Wildman–Crippen LogP) is 1.86. The average Bonchev–Trinajstić information content (AvgIpc) is 2.99. The Balaban J connectivity index is 1.90. The van der Waals surface area contributed by atoms with E-state index in [0.717, 1.165) is 11.8 Å². The van der Waals surface area contributed by atoms with Crippen LogP contribution in [0.4, 0.5) is 4.39 Å². The molecule has 2 aromatic rings. The highest BCUT2D eigenvalue weighted by atomic mass is 32.2. The molecule has 1 aromatic heterocycles. The van der Waals surface area contributed by atoms with Gasteiger partial charge in [-0.15, -0.1) is 10.2 Å². The van der Waals surface area contributed by atoms with E-state index in [1.54, 1.807) is 6.92 Å². The Morgan fingerprint density at radius 3 is 2.70 bits per heavy atom. The van der Waals surface area contributed by atoms with Crippen LogP contribution in [-0.4, -0.2) is 32.1 Å². The third-order valence-electron chi connectivity index (χ3n) is 4.04. The summed E-state index contributed by atoms with van der Waals surface area (Å²) in [7, 11) is 0. The van der Waals surface area contributed by atoms with E-state index in [2.05, 4.69) is 21.6 Å². The summed E-state index contributed by atoms with van der Waals surface area (Å²) in [5.74, 6) is 6.10. The lowest BCUT2D eigenvalue weighted by molar-refractivity contribution is -0.120. The molecule has 10 heteroatoms. The van der Waals surface area contributed by atoms with E-state index in [0.29, 0.717) is 16.7 Å². The van der Waals surface area contributed by atoms with Crippen LogP contribution in [-0.2, 0) is 11.4 Å². The number of hydrogen-bond donors (Lipinski definition) is 2. The molecule has 0 aliphatic heterocycles. The fourth-order valence-electron chi connectivity index (χ4n) is 1.94. The lowest BCUT2D eigenvalue weighted by Gasteiger charge is -2.27. The maximum atomic E-state index is 12.9. The molecule has 0 bridgehead atoms. The van der Waals surface area contributed by atoms with Crippen LogP contribution >= 0.6 is 11.8 Å². The lowest BCUT2D eigenvalue weighted by atomic mass is 9.90. The van der Waals surface area contributed by atoms with Crippen molar-refractivity contribution in [3.63, 3.8) is 0 Å². The van der Waals surface area contributed by atoms with Crippen LogP contribution < -0.4 is 15.9 Å². The molecule has 0 saturated heterocycles. The van der Waals surface area contributed by atoms with E-state index >= 15 is 0 Å². The standard InChI is InChI=1S/C17H21FN6O2S/c1-11(2)17(3,10-19)21-15(25)9-27-16-23-22-14(24(16)20)8-26-13-6-4-12(18)5-7-13/h4-7,11H,8-9,20H2,1-3H3,(H,21,25)/t17-/m0/s1. The van der Waals surface area contributed by atoms with E-state index in [1.165, 1.54) is 28.9 Å². The van der Waals surface area contributed by atoms with Crippen molar-refractivity contribution in [2.24, 2.45) is 5.92 Å². The number of nitrogen functional groups attached to an aromatic ring is 1. The highest BCUT2D eigenvalue weighted by molar-refractivity contribution is 7.99. The largest absolute Gasteiger partial charge is 0.486 e. The number of nitrogens with zero attached hydrogens (tertiary/aromatic N) is 4. The summed E-state index contributed by atoms with van der Waals surface area (Å²) in [6.45, 7) is 5.44. The number of carbonyl (C=O) groups is 1. The molecule has 0 aliphatic carbocycles. The number of hydrogen-bond acceptors (Lipinski definition) is 7. The number of nitrogens with two attached hydrogens (primary N) is 1. The molecule has 0 aliphatic rings. The quantitative estimate of drug-likeness (QED) is 0.520. The zero-order chi connectivity index (χ0) is 20.0. The maximum Gasteiger partial charge on any atom is 0.231 e. The topological polar surface area (TPSA) is 119 Å². The number of nitrogens with one attached hydrogen (secondary N) is 1. The summed E-state index contributed by atoms with van der Waals surface area (Å²) in [5, 5.41) is 20.2. The highest BCUT2D eigenvalue weighted by Crippen LogP contribution is 2.19. The smallest absolute Gasteiger partial charge is 0.231 e. The fraction of sp³-hybridized carbons (Fsp3) is 0.412. The van der Waals surface area contributed by atoms with Crippen molar-refractivity contribution in [1.29, 1.82) is 5.26 Å². The molecule has 144 valence electrons. The van der Waals surface area contributed by atoms with Crippen molar-refractivity contribution in [1.82, 2.24) is 20.2 Å². The van der Waals surface area contributed by atoms with Gasteiger partial charge in [-0.1, -0.05) is 25.6 Å². The number of amides is 1. The van der Waals surface area contributed by atoms with Gasteiger partial charge in [-0.3, -0.25) is 4.79 Å². The van der Waals surface area contributed by atoms with Gasteiger partial charge in [-0.05, 0) is 37.1 Å². The minimum atomic E-state index is -0.942. The Morgan fingerprint density at radius 1 is 1.44 bits per heavy atom. The summed E-state index contributed by atoms with van der Waals surface area (Å²) in [6, 6.07) is 7.68. The SMILES string of the molecule is CC(C)[C@](C)(C#N)NC(=O)CSc1nnc(COc2ccc(F)cc2)n1N. The third-order valence-corrected chi connectivity index (χ3v) is 4.98. The molecule has 0 radical (unpaired) electrons. The molecule has 0 saturated carbocycles. The van der Waals surface area contributed by atoms with E-state index in [4.69, 9.17) is 10.6 Å².